The van der Waals surface area contributed by atoms with Crippen molar-refractivity contribution in [1.29, 1.82) is 0 Å². The summed E-state index contributed by atoms with van der Waals surface area (Å²) in [5.41, 5.74) is 1.39. The minimum atomic E-state index is 0.807. The fourth-order valence-electron chi connectivity index (χ4n) is 0.987. The molecule has 0 unspecified atom stereocenters. The summed E-state index contributed by atoms with van der Waals surface area (Å²) < 4.78 is 1.27. The van der Waals surface area contributed by atoms with Gasteiger partial charge in [-0.15, -0.1) is 11.3 Å². The Kier molecular flexibility index (Phi) is 2.30. The van der Waals surface area contributed by atoms with Crippen molar-refractivity contribution < 1.29 is 0 Å². The van der Waals surface area contributed by atoms with Crippen molar-refractivity contribution in [2.75, 3.05) is 0 Å². The lowest BCUT2D eigenvalue weighted by Gasteiger charge is -1.99. The molecule has 1 N–H and O–H groups in total. The standard InChI is InChI=1S/C8H10BrNS/c9-8-6(3-4-11-8)5-10-7-1-2-7/h3-4,7,10H,1-2,5H2. The zero-order chi connectivity index (χ0) is 7.68. The summed E-state index contributed by atoms with van der Waals surface area (Å²) in [7, 11) is 0. The van der Waals surface area contributed by atoms with Crippen LogP contribution in [0.15, 0.2) is 15.2 Å². The van der Waals surface area contributed by atoms with Gasteiger partial charge in [0.15, 0.2) is 0 Å². The maximum Gasteiger partial charge on any atom is 0.0743 e. The molecule has 1 fully saturated rings. The van der Waals surface area contributed by atoms with Gasteiger partial charge in [0, 0.05) is 12.6 Å². The first-order chi connectivity index (χ1) is 5.36. The van der Waals surface area contributed by atoms with Gasteiger partial charge in [-0.3, -0.25) is 0 Å². The predicted octanol–water partition coefficient (Wildman–Crippen LogP) is 2.76. The van der Waals surface area contributed by atoms with Crippen LogP contribution in [0.5, 0.6) is 0 Å². The van der Waals surface area contributed by atoms with Crippen LogP contribution < -0.4 is 5.32 Å². The molecule has 0 bridgehead atoms. The number of hydrogen-bond acceptors (Lipinski definition) is 2. The maximum absolute atomic E-state index is 3.52. The van der Waals surface area contributed by atoms with Crippen LogP contribution >= 0.6 is 27.3 Å². The number of nitrogens with one attached hydrogen (secondary N) is 1. The Morgan fingerprint density at radius 3 is 3.00 bits per heavy atom. The van der Waals surface area contributed by atoms with Crippen molar-refractivity contribution in [3.05, 3.63) is 20.8 Å². The van der Waals surface area contributed by atoms with Gasteiger partial charge in [0.2, 0.25) is 0 Å². The van der Waals surface area contributed by atoms with E-state index >= 15 is 0 Å². The van der Waals surface area contributed by atoms with E-state index in [0.29, 0.717) is 0 Å². The minimum Gasteiger partial charge on any atom is -0.310 e. The fraction of sp³-hybridized carbons (Fsp3) is 0.500. The molecule has 60 valence electrons. The summed E-state index contributed by atoms with van der Waals surface area (Å²) in [5.74, 6) is 0. The molecule has 0 aliphatic heterocycles. The van der Waals surface area contributed by atoms with E-state index in [9.17, 15) is 0 Å². The summed E-state index contributed by atoms with van der Waals surface area (Å²) in [6.07, 6.45) is 2.73. The van der Waals surface area contributed by atoms with Crippen molar-refractivity contribution >= 4 is 27.3 Å². The summed E-state index contributed by atoms with van der Waals surface area (Å²) in [4.78, 5) is 0. The molecule has 11 heavy (non-hydrogen) atoms. The van der Waals surface area contributed by atoms with Crippen LogP contribution in [0.4, 0.5) is 0 Å². The Hall–Kier alpha value is 0.140. The van der Waals surface area contributed by atoms with Gasteiger partial charge in [0.1, 0.15) is 0 Å². The van der Waals surface area contributed by atoms with Crippen LogP contribution in [-0.4, -0.2) is 6.04 Å². The van der Waals surface area contributed by atoms with Gasteiger partial charge in [-0.05, 0) is 45.8 Å². The highest BCUT2D eigenvalue weighted by atomic mass is 79.9. The molecule has 0 amide bonds. The van der Waals surface area contributed by atoms with Crippen molar-refractivity contribution in [3.63, 3.8) is 0 Å². The second-order valence-electron chi connectivity index (χ2n) is 2.87. The van der Waals surface area contributed by atoms with E-state index in [1.54, 1.807) is 11.3 Å². The molecular weight excluding hydrogens is 222 g/mol. The molecule has 3 heteroatoms. The summed E-state index contributed by atoms with van der Waals surface area (Å²) in [5, 5.41) is 5.60. The largest absolute Gasteiger partial charge is 0.310 e. The fourth-order valence-corrected chi connectivity index (χ4v) is 2.23. The Morgan fingerprint density at radius 1 is 1.64 bits per heavy atom. The third-order valence-corrected chi connectivity index (χ3v) is 3.66. The average Bonchev–Trinajstić information content (AvgIpc) is 2.73. The molecule has 2 rings (SSSR count). The van der Waals surface area contributed by atoms with E-state index in [1.807, 2.05) is 0 Å². The maximum atomic E-state index is 3.52. The first kappa shape index (κ1) is 7.77. The quantitative estimate of drug-likeness (QED) is 0.844. The molecule has 1 aliphatic carbocycles. The zero-order valence-electron chi connectivity index (χ0n) is 6.14. The summed E-state index contributed by atoms with van der Waals surface area (Å²) in [6.45, 7) is 1.02. The van der Waals surface area contributed by atoms with Crippen molar-refractivity contribution in [2.24, 2.45) is 0 Å². The molecular formula is C8H10BrNS. The van der Waals surface area contributed by atoms with Crippen molar-refractivity contribution in [1.82, 2.24) is 5.32 Å². The third kappa shape index (κ3) is 2.04. The van der Waals surface area contributed by atoms with E-state index in [1.165, 1.54) is 22.2 Å². The molecule has 1 aromatic rings. The second-order valence-corrected chi connectivity index (χ2v) is 5.11. The molecule has 1 aliphatic rings. The van der Waals surface area contributed by atoms with E-state index in [4.69, 9.17) is 0 Å². The first-order valence-corrected chi connectivity index (χ1v) is 5.49. The Bertz CT molecular complexity index is 242. The molecule has 1 heterocycles. The van der Waals surface area contributed by atoms with E-state index in [2.05, 4.69) is 32.7 Å². The Morgan fingerprint density at radius 2 is 2.45 bits per heavy atom. The van der Waals surface area contributed by atoms with Crippen molar-refractivity contribution in [3.8, 4) is 0 Å². The summed E-state index contributed by atoms with van der Waals surface area (Å²) in [6, 6.07) is 2.98. The second kappa shape index (κ2) is 3.25. The monoisotopic (exact) mass is 231 g/mol. The molecule has 0 saturated heterocycles. The molecule has 0 atom stereocenters. The Labute approximate surface area is 78.9 Å². The van der Waals surface area contributed by atoms with Gasteiger partial charge in [-0.2, -0.15) is 0 Å². The van der Waals surface area contributed by atoms with Gasteiger partial charge in [0.05, 0.1) is 3.79 Å². The normalized spacial score (nSPS) is 17.2. The molecule has 0 aromatic carbocycles. The lowest BCUT2D eigenvalue weighted by atomic mass is 10.3. The zero-order valence-corrected chi connectivity index (χ0v) is 8.54. The van der Waals surface area contributed by atoms with Crippen LogP contribution in [0, 0.1) is 0 Å². The third-order valence-electron chi connectivity index (χ3n) is 1.85. The van der Waals surface area contributed by atoms with Crippen LogP contribution in [0.1, 0.15) is 18.4 Å². The molecule has 0 radical (unpaired) electrons. The highest BCUT2D eigenvalue weighted by Gasteiger charge is 2.20. The Balaban J connectivity index is 1.89. The number of rotatable bonds is 3. The minimum absolute atomic E-state index is 0.807. The first-order valence-electron chi connectivity index (χ1n) is 3.81. The molecule has 1 nitrogen and oxygen atoms in total. The SMILES string of the molecule is Brc1sccc1CNC1CC1. The summed E-state index contributed by atoms with van der Waals surface area (Å²) >= 11 is 5.27. The van der Waals surface area contributed by atoms with Gasteiger partial charge >= 0.3 is 0 Å². The topological polar surface area (TPSA) is 12.0 Å². The van der Waals surface area contributed by atoms with Crippen molar-refractivity contribution in [2.45, 2.75) is 25.4 Å². The highest BCUT2D eigenvalue weighted by Crippen LogP contribution is 2.25. The smallest absolute Gasteiger partial charge is 0.0743 e. The predicted molar refractivity (Wildman–Crippen MR) is 51.9 cm³/mol. The lowest BCUT2D eigenvalue weighted by molar-refractivity contribution is 0.688. The molecule has 0 spiro atoms. The van der Waals surface area contributed by atoms with E-state index < -0.39 is 0 Å². The highest BCUT2D eigenvalue weighted by molar-refractivity contribution is 9.11. The number of hydrogen-bond donors (Lipinski definition) is 1. The van der Waals surface area contributed by atoms with Crippen LogP contribution in [0.2, 0.25) is 0 Å². The van der Waals surface area contributed by atoms with Gasteiger partial charge in [-0.1, -0.05) is 0 Å². The molecule has 1 saturated carbocycles. The van der Waals surface area contributed by atoms with E-state index in [-0.39, 0.29) is 0 Å². The van der Waals surface area contributed by atoms with Crippen LogP contribution in [0.3, 0.4) is 0 Å². The van der Waals surface area contributed by atoms with Gasteiger partial charge in [0.25, 0.3) is 0 Å². The van der Waals surface area contributed by atoms with Gasteiger partial charge < -0.3 is 5.32 Å². The van der Waals surface area contributed by atoms with Crippen LogP contribution in [-0.2, 0) is 6.54 Å². The average molecular weight is 232 g/mol. The number of halogens is 1. The lowest BCUT2D eigenvalue weighted by Crippen LogP contribution is -2.14. The van der Waals surface area contributed by atoms with Gasteiger partial charge in [-0.25, -0.2) is 0 Å². The molecule has 1 aromatic heterocycles. The van der Waals surface area contributed by atoms with Crippen LogP contribution in [0.25, 0.3) is 0 Å². The number of thiophene rings is 1. The van der Waals surface area contributed by atoms with E-state index in [0.717, 1.165) is 12.6 Å².